The topological polar surface area (TPSA) is 40.5 Å². The van der Waals surface area contributed by atoms with Crippen LogP contribution in [0.3, 0.4) is 0 Å². The van der Waals surface area contributed by atoms with E-state index in [9.17, 15) is 4.79 Å². The molecule has 16 heavy (non-hydrogen) atoms. The summed E-state index contributed by atoms with van der Waals surface area (Å²) in [5, 5.41) is 9.82. The van der Waals surface area contributed by atoms with Crippen LogP contribution in [-0.2, 0) is 4.79 Å². The van der Waals surface area contributed by atoms with Gasteiger partial charge in [-0.05, 0) is 24.6 Å². The summed E-state index contributed by atoms with van der Waals surface area (Å²) in [7, 11) is 0. The van der Waals surface area contributed by atoms with E-state index in [0.29, 0.717) is 22.3 Å². The number of anilines is 1. The summed E-state index contributed by atoms with van der Waals surface area (Å²) in [6, 6.07) is 5.06. The lowest BCUT2D eigenvalue weighted by Gasteiger charge is -2.23. The molecule has 0 amide bonds. The van der Waals surface area contributed by atoms with Gasteiger partial charge in [-0.15, -0.1) is 0 Å². The Morgan fingerprint density at radius 2 is 2.12 bits per heavy atom. The van der Waals surface area contributed by atoms with Gasteiger partial charge in [0.2, 0.25) is 0 Å². The second-order valence-electron chi connectivity index (χ2n) is 3.41. The Morgan fingerprint density at radius 3 is 2.62 bits per heavy atom. The van der Waals surface area contributed by atoms with Gasteiger partial charge < -0.3 is 10.0 Å². The molecule has 0 spiro atoms. The first-order valence-corrected chi connectivity index (χ1v) is 5.72. The maximum atomic E-state index is 10.7. The van der Waals surface area contributed by atoms with Gasteiger partial charge in [0.15, 0.2) is 0 Å². The van der Waals surface area contributed by atoms with E-state index < -0.39 is 5.97 Å². The second-order valence-corrected chi connectivity index (χ2v) is 4.25. The lowest BCUT2D eigenvalue weighted by Crippen LogP contribution is -2.30. The van der Waals surface area contributed by atoms with E-state index >= 15 is 0 Å². The number of hydrogen-bond acceptors (Lipinski definition) is 2. The van der Waals surface area contributed by atoms with E-state index in [4.69, 9.17) is 28.3 Å². The van der Waals surface area contributed by atoms with Crippen LogP contribution in [-0.4, -0.2) is 24.2 Å². The zero-order chi connectivity index (χ0) is 12.1. The minimum absolute atomic E-state index is 0.0603. The summed E-state index contributed by atoms with van der Waals surface area (Å²) < 4.78 is 0. The summed E-state index contributed by atoms with van der Waals surface area (Å²) in [6.07, 6.45) is 0.853. The molecule has 3 nitrogen and oxygen atoms in total. The highest BCUT2D eigenvalue weighted by Crippen LogP contribution is 2.28. The molecule has 1 N–H and O–H groups in total. The Kier molecular flexibility index (Phi) is 4.90. The molecule has 5 heteroatoms. The lowest BCUT2D eigenvalue weighted by atomic mass is 10.2. The van der Waals surface area contributed by atoms with Crippen LogP contribution < -0.4 is 4.90 Å². The average molecular weight is 262 g/mol. The molecule has 0 atom stereocenters. The van der Waals surface area contributed by atoms with Gasteiger partial charge in [-0.25, -0.2) is 0 Å². The summed E-state index contributed by atoms with van der Waals surface area (Å²) in [6.45, 7) is 2.57. The van der Waals surface area contributed by atoms with Crippen LogP contribution in [0.25, 0.3) is 0 Å². The van der Waals surface area contributed by atoms with Gasteiger partial charge in [-0.3, -0.25) is 4.79 Å². The summed E-state index contributed by atoms with van der Waals surface area (Å²) >= 11 is 11.8. The van der Waals surface area contributed by atoms with Gasteiger partial charge in [0, 0.05) is 11.6 Å². The summed E-state index contributed by atoms with van der Waals surface area (Å²) in [5.41, 5.74) is 0.704. The van der Waals surface area contributed by atoms with Gasteiger partial charge in [0.25, 0.3) is 0 Å². The molecule has 88 valence electrons. The molecule has 0 aliphatic heterocycles. The molecule has 1 aromatic rings. The highest BCUT2D eigenvalue weighted by atomic mass is 35.5. The number of hydrogen-bond donors (Lipinski definition) is 1. The fourth-order valence-electron chi connectivity index (χ4n) is 1.46. The first-order chi connectivity index (χ1) is 7.54. The molecule has 1 aromatic carbocycles. The molecule has 0 bridgehead atoms. The molecule has 0 saturated carbocycles. The fraction of sp³-hybridized carbons (Fsp3) is 0.364. The van der Waals surface area contributed by atoms with Crippen LogP contribution in [0, 0.1) is 0 Å². The molecule has 0 aromatic heterocycles. The van der Waals surface area contributed by atoms with Crippen molar-refractivity contribution < 1.29 is 9.90 Å². The molecule has 0 unspecified atom stereocenters. The third-order valence-electron chi connectivity index (χ3n) is 2.07. The molecule has 0 aliphatic rings. The Bertz CT molecular complexity index is 382. The Morgan fingerprint density at radius 1 is 1.44 bits per heavy atom. The fourth-order valence-corrected chi connectivity index (χ4v) is 1.98. The number of carboxylic acid groups (broad SMARTS) is 1. The van der Waals surface area contributed by atoms with Crippen molar-refractivity contribution in [1.82, 2.24) is 0 Å². The van der Waals surface area contributed by atoms with Gasteiger partial charge in [-0.1, -0.05) is 30.1 Å². The molecule has 0 aliphatic carbocycles. The molecule has 0 heterocycles. The van der Waals surface area contributed by atoms with Crippen molar-refractivity contribution in [3.63, 3.8) is 0 Å². The van der Waals surface area contributed by atoms with E-state index in [0.717, 1.165) is 6.42 Å². The molecular weight excluding hydrogens is 249 g/mol. The highest BCUT2D eigenvalue weighted by Gasteiger charge is 2.12. The smallest absolute Gasteiger partial charge is 0.323 e. The number of carbonyl (C=O) groups is 1. The minimum Gasteiger partial charge on any atom is -0.480 e. The number of carboxylic acids is 1. The van der Waals surface area contributed by atoms with Crippen molar-refractivity contribution in [2.24, 2.45) is 0 Å². The van der Waals surface area contributed by atoms with Crippen molar-refractivity contribution in [2.75, 3.05) is 18.0 Å². The first-order valence-electron chi connectivity index (χ1n) is 4.96. The van der Waals surface area contributed by atoms with Crippen molar-refractivity contribution in [1.29, 1.82) is 0 Å². The lowest BCUT2D eigenvalue weighted by molar-refractivity contribution is -0.135. The average Bonchev–Trinajstić information content (AvgIpc) is 2.16. The minimum atomic E-state index is -0.875. The van der Waals surface area contributed by atoms with Crippen molar-refractivity contribution >= 4 is 34.9 Å². The number of benzene rings is 1. The molecule has 0 saturated heterocycles. The van der Waals surface area contributed by atoms with Crippen LogP contribution in [0.15, 0.2) is 18.2 Å². The third-order valence-corrected chi connectivity index (χ3v) is 2.61. The van der Waals surface area contributed by atoms with Crippen molar-refractivity contribution in [2.45, 2.75) is 13.3 Å². The predicted molar refractivity (Wildman–Crippen MR) is 66.6 cm³/mol. The Labute approximate surface area is 105 Å². The second kappa shape index (κ2) is 5.97. The Hall–Kier alpha value is -0.930. The van der Waals surface area contributed by atoms with Crippen molar-refractivity contribution in [3.05, 3.63) is 28.2 Å². The van der Waals surface area contributed by atoms with Crippen LogP contribution in [0.5, 0.6) is 0 Å². The van der Waals surface area contributed by atoms with Gasteiger partial charge in [-0.2, -0.15) is 0 Å². The maximum absolute atomic E-state index is 10.7. The standard InChI is InChI=1S/C11H13Cl2NO2/c1-2-5-14(7-11(15)16)10-4-3-8(12)6-9(10)13/h3-4,6H,2,5,7H2,1H3,(H,15,16). The summed E-state index contributed by atoms with van der Waals surface area (Å²) in [5.74, 6) is -0.875. The normalized spacial score (nSPS) is 10.2. The molecule has 0 radical (unpaired) electrons. The Balaban J connectivity index is 2.95. The van der Waals surface area contributed by atoms with Gasteiger partial charge in [0.1, 0.15) is 6.54 Å². The zero-order valence-corrected chi connectivity index (χ0v) is 10.4. The zero-order valence-electron chi connectivity index (χ0n) is 8.91. The highest BCUT2D eigenvalue weighted by molar-refractivity contribution is 6.36. The van der Waals surface area contributed by atoms with Gasteiger partial charge in [0.05, 0.1) is 10.7 Å². The van der Waals surface area contributed by atoms with E-state index in [-0.39, 0.29) is 6.54 Å². The molecular formula is C11H13Cl2NO2. The van der Waals surface area contributed by atoms with Crippen molar-refractivity contribution in [3.8, 4) is 0 Å². The SMILES string of the molecule is CCCN(CC(=O)O)c1ccc(Cl)cc1Cl. The number of halogens is 2. The number of nitrogens with zero attached hydrogens (tertiary/aromatic N) is 1. The predicted octanol–water partition coefficient (Wildman–Crippen LogP) is 3.29. The van der Waals surface area contributed by atoms with Crippen LogP contribution in [0.4, 0.5) is 5.69 Å². The van der Waals surface area contributed by atoms with E-state index in [1.54, 1.807) is 23.1 Å². The quantitative estimate of drug-likeness (QED) is 0.885. The van der Waals surface area contributed by atoms with E-state index in [1.807, 2.05) is 6.92 Å². The molecule has 1 rings (SSSR count). The number of aliphatic carboxylic acids is 1. The summed E-state index contributed by atoms with van der Waals surface area (Å²) in [4.78, 5) is 12.4. The van der Waals surface area contributed by atoms with Crippen LogP contribution >= 0.6 is 23.2 Å². The van der Waals surface area contributed by atoms with E-state index in [2.05, 4.69) is 0 Å². The maximum Gasteiger partial charge on any atom is 0.323 e. The molecule has 0 fully saturated rings. The van der Waals surface area contributed by atoms with Gasteiger partial charge >= 0.3 is 5.97 Å². The van der Waals surface area contributed by atoms with E-state index in [1.165, 1.54) is 0 Å². The first kappa shape index (κ1) is 13.1. The number of rotatable bonds is 5. The third kappa shape index (κ3) is 3.58. The van der Waals surface area contributed by atoms with Crippen LogP contribution in [0.2, 0.25) is 10.0 Å². The van der Waals surface area contributed by atoms with Crippen LogP contribution in [0.1, 0.15) is 13.3 Å². The largest absolute Gasteiger partial charge is 0.480 e. The monoisotopic (exact) mass is 261 g/mol.